The number of morpholine rings is 1. The van der Waals surface area contributed by atoms with Crippen molar-refractivity contribution in [1.82, 2.24) is 4.90 Å². The highest BCUT2D eigenvalue weighted by Gasteiger charge is 2.30. The lowest BCUT2D eigenvalue weighted by molar-refractivity contribution is -0.154. The standard InChI is InChI=1S/C14H12BrNO5/c15-9-3-1-2-8-6-10(21-12(8)9)13(17)16-4-5-20-11(7-16)14(18)19/h1-3,6,11H,4-5,7H2,(H,18,19)/t11-/m0/s1. The minimum Gasteiger partial charge on any atom is -0.479 e. The fourth-order valence-corrected chi connectivity index (χ4v) is 2.73. The summed E-state index contributed by atoms with van der Waals surface area (Å²) in [6.07, 6.45) is -0.987. The number of ether oxygens (including phenoxy) is 1. The Kier molecular flexibility index (Phi) is 3.69. The van der Waals surface area contributed by atoms with E-state index in [1.54, 1.807) is 6.07 Å². The van der Waals surface area contributed by atoms with Crippen molar-refractivity contribution < 1.29 is 23.8 Å². The Labute approximate surface area is 128 Å². The van der Waals surface area contributed by atoms with Crippen molar-refractivity contribution in [2.75, 3.05) is 19.7 Å². The van der Waals surface area contributed by atoms with Crippen LogP contribution >= 0.6 is 15.9 Å². The lowest BCUT2D eigenvalue weighted by atomic mass is 10.2. The quantitative estimate of drug-likeness (QED) is 0.894. The first kappa shape index (κ1) is 14.1. The molecule has 0 bridgehead atoms. The number of amides is 1. The van der Waals surface area contributed by atoms with Gasteiger partial charge in [0.25, 0.3) is 5.91 Å². The highest BCUT2D eigenvalue weighted by molar-refractivity contribution is 9.10. The largest absolute Gasteiger partial charge is 0.479 e. The van der Waals surface area contributed by atoms with Gasteiger partial charge in [-0.2, -0.15) is 0 Å². The Balaban J connectivity index is 1.86. The zero-order chi connectivity index (χ0) is 15.0. The lowest BCUT2D eigenvalue weighted by Gasteiger charge is -2.30. The average Bonchev–Trinajstić information content (AvgIpc) is 2.92. The molecular formula is C14H12BrNO5. The highest BCUT2D eigenvalue weighted by Crippen LogP contribution is 2.27. The second-order valence-electron chi connectivity index (χ2n) is 4.72. The number of hydrogen-bond acceptors (Lipinski definition) is 4. The van der Waals surface area contributed by atoms with Crippen LogP contribution in [-0.4, -0.2) is 47.7 Å². The van der Waals surface area contributed by atoms with E-state index in [0.717, 1.165) is 9.86 Å². The van der Waals surface area contributed by atoms with Crippen molar-refractivity contribution in [3.63, 3.8) is 0 Å². The summed E-state index contributed by atoms with van der Waals surface area (Å²) in [5.74, 6) is -1.20. The number of carbonyl (C=O) groups excluding carboxylic acids is 1. The molecule has 1 fully saturated rings. The molecule has 110 valence electrons. The summed E-state index contributed by atoms with van der Waals surface area (Å²) in [6.45, 7) is 0.569. The van der Waals surface area contributed by atoms with Crippen LogP contribution in [0.5, 0.6) is 0 Å². The third-order valence-electron chi connectivity index (χ3n) is 3.34. The van der Waals surface area contributed by atoms with E-state index < -0.39 is 12.1 Å². The molecule has 0 spiro atoms. The number of carboxylic acids is 1. The molecule has 0 saturated carbocycles. The number of furan rings is 1. The molecule has 21 heavy (non-hydrogen) atoms. The Hall–Kier alpha value is -1.86. The summed E-state index contributed by atoms with van der Waals surface area (Å²) in [4.78, 5) is 24.8. The zero-order valence-electron chi connectivity index (χ0n) is 10.9. The molecular weight excluding hydrogens is 342 g/mol. The summed E-state index contributed by atoms with van der Waals surface area (Å²) in [5, 5.41) is 9.78. The summed E-state index contributed by atoms with van der Waals surface area (Å²) < 4.78 is 11.5. The molecule has 0 aliphatic carbocycles. The predicted octanol–water partition coefficient (Wildman–Crippen LogP) is 2.12. The molecule has 1 atom stereocenters. The number of para-hydroxylation sites is 1. The van der Waals surface area contributed by atoms with Crippen LogP contribution in [0.15, 0.2) is 33.2 Å². The number of hydrogen-bond donors (Lipinski definition) is 1. The number of nitrogens with zero attached hydrogens (tertiary/aromatic N) is 1. The van der Waals surface area contributed by atoms with Gasteiger partial charge >= 0.3 is 5.97 Å². The number of halogens is 1. The van der Waals surface area contributed by atoms with Gasteiger partial charge in [-0.15, -0.1) is 0 Å². The molecule has 1 saturated heterocycles. The van der Waals surface area contributed by atoms with Crippen LogP contribution in [0.1, 0.15) is 10.6 Å². The van der Waals surface area contributed by atoms with Crippen LogP contribution in [0.4, 0.5) is 0 Å². The third-order valence-corrected chi connectivity index (χ3v) is 3.96. The maximum absolute atomic E-state index is 12.4. The van der Waals surface area contributed by atoms with Gasteiger partial charge in [-0.3, -0.25) is 4.79 Å². The van der Waals surface area contributed by atoms with Crippen LogP contribution in [0, 0.1) is 0 Å². The molecule has 1 aromatic carbocycles. The second-order valence-corrected chi connectivity index (χ2v) is 5.57. The summed E-state index contributed by atoms with van der Waals surface area (Å²) in [5.41, 5.74) is 0.601. The number of rotatable bonds is 2. The first-order valence-corrected chi connectivity index (χ1v) is 7.17. The van der Waals surface area contributed by atoms with Gasteiger partial charge in [-0.1, -0.05) is 12.1 Å². The monoisotopic (exact) mass is 353 g/mol. The normalized spacial score (nSPS) is 18.9. The summed E-state index contributed by atoms with van der Waals surface area (Å²) in [7, 11) is 0. The Morgan fingerprint density at radius 1 is 1.38 bits per heavy atom. The minimum absolute atomic E-state index is 0.0202. The fraction of sp³-hybridized carbons (Fsp3) is 0.286. The van der Waals surface area contributed by atoms with Gasteiger partial charge < -0.3 is 19.2 Å². The Morgan fingerprint density at radius 2 is 2.19 bits per heavy atom. The van der Waals surface area contributed by atoms with Gasteiger partial charge in [0.15, 0.2) is 11.9 Å². The average molecular weight is 354 g/mol. The van der Waals surface area contributed by atoms with Crippen molar-refractivity contribution in [3.05, 3.63) is 34.5 Å². The number of fused-ring (bicyclic) bond motifs is 1. The maximum atomic E-state index is 12.4. The van der Waals surface area contributed by atoms with E-state index in [0.29, 0.717) is 12.1 Å². The van der Waals surface area contributed by atoms with E-state index in [1.165, 1.54) is 4.90 Å². The molecule has 7 heteroatoms. The molecule has 3 rings (SSSR count). The molecule has 0 radical (unpaired) electrons. The highest BCUT2D eigenvalue weighted by atomic mass is 79.9. The molecule has 2 heterocycles. The van der Waals surface area contributed by atoms with E-state index in [-0.39, 0.29) is 24.8 Å². The zero-order valence-corrected chi connectivity index (χ0v) is 12.5. The van der Waals surface area contributed by atoms with Crippen LogP contribution in [0.3, 0.4) is 0 Å². The van der Waals surface area contributed by atoms with Gasteiger partial charge in [-0.25, -0.2) is 4.79 Å². The fourth-order valence-electron chi connectivity index (χ4n) is 2.27. The Bertz CT molecular complexity index is 710. The van der Waals surface area contributed by atoms with Crippen LogP contribution < -0.4 is 0 Å². The number of carboxylic acid groups (broad SMARTS) is 1. The van der Waals surface area contributed by atoms with Gasteiger partial charge in [0.05, 0.1) is 17.6 Å². The van der Waals surface area contributed by atoms with Gasteiger partial charge in [0.2, 0.25) is 0 Å². The SMILES string of the molecule is O=C(O)[C@@H]1CN(C(=O)c2cc3cccc(Br)c3o2)CCO1. The molecule has 6 nitrogen and oxygen atoms in total. The molecule has 1 N–H and O–H groups in total. The van der Waals surface area contributed by atoms with Crippen LogP contribution in [0.2, 0.25) is 0 Å². The van der Waals surface area contributed by atoms with Crippen molar-refractivity contribution in [1.29, 1.82) is 0 Å². The molecule has 1 amide bonds. The number of carbonyl (C=O) groups is 2. The van der Waals surface area contributed by atoms with E-state index in [4.69, 9.17) is 14.3 Å². The van der Waals surface area contributed by atoms with Gasteiger partial charge in [0, 0.05) is 11.9 Å². The summed E-state index contributed by atoms with van der Waals surface area (Å²) >= 11 is 3.37. The van der Waals surface area contributed by atoms with E-state index in [9.17, 15) is 9.59 Å². The lowest BCUT2D eigenvalue weighted by Crippen LogP contribution is -2.48. The predicted molar refractivity (Wildman–Crippen MR) is 77.2 cm³/mol. The third kappa shape index (κ3) is 2.66. The number of aliphatic carboxylic acids is 1. The van der Waals surface area contributed by atoms with Crippen molar-refractivity contribution >= 4 is 38.8 Å². The molecule has 0 unspecified atom stereocenters. The first-order valence-electron chi connectivity index (χ1n) is 6.38. The van der Waals surface area contributed by atoms with Crippen molar-refractivity contribution in [3.8, 4) is 0 Å². The topological polar surface area (TPSA) is 80.0 Å². The molecule has 1 aliphatic rings. The van der Waals surface area contributed by atoms with Crippen LogP contribution in [-0.2, 0) is 9.53 Å². The minimum atomic E-state index is -1.07. The van der Waals surface area contributed by atoms with Gasteiger partial charge in [-0.05, 0) is 28.1 Å². The maximum Gasteiger partial charge on any atom is 0.334 e. The number of benzene rings is 1. The second kappa shape index (κ2) is 5.50. The molecule has 1 aliphatic heterocycles. The van der Waals surface area contributed by atoms with E-state index in [2.05, 4.69) is 15.9 Å². The van der Waals surface area contributed by atoms with E-state index >= 15 is 0 Å². The molecule has 2 aromatic rings. The first-order chi connectivity index (χ1) is 10.1. The molecule has 1 aromatic heterocycles. The summed E-state index contributed by atoms with van der Waals surface area (Å²) in [6, 6.07) is 7.19. The van der Waals surface area contributed by atoms with E-state index in [1.807, 2.05) is 18.2 Å². The van der Waals surface area contributed by atoms with Crippen molar-refractivity contribution in [2.24, 2.45) is 0 Å². The smallest absolute Gasteiger partial charge is 0.334 e. The van der Waals surface area contributed by atoms with Crippen molar-refractivity contribution in [2.45, 2.75) is 6.10 Å². The Morgan fingerprint density at radius 3 is 2.90 bits per heavy atom. The van der Waals surface area contributed by atoms with Crippen LogP contribution in [0.25, 0.3) is 11.0 Å². The van der Waals surface area contributed by atoms with Gasteiger partial charge in [0.1, 0.15) is 5.58 Å².